The Hall–Kier alpha value is -2.24. The average molecular weight is 622 g/mol. The summed E-state index contributed by atoms with van der Waals surface area (Å²) in [7, 11) is 3.25. The standard InChI is InChI=1S/C32H55N5O5S/c1-21(2)14-27(38)30(41)26(15-22-10-6-5-7-11-22)37(19-23-12-8-9-13-23)31(42)24(16-25-20-43-32(33)35-25)17-28(39)34-18-29(40)36(3)4/h20-24,26-27,30,38,41H,5-19H2,1-4H3,(H2,33,35)(H,34,39)/t24-,26+,27+,30-/m1/s1. The average Bonchev–Trinajstić information content (AvgIpc) is 3.64. The first kappa shape index (κ1) is 35.2. The van der Waals surface area contributed by atoms with E-state index < -0.39 is 24.2 Å². The molecule has 0 saturated heterocycles. The fraction of sp³-hybridized carbons (Fsp3) is 0.812. The van der Waals surface area contributed by atoms with Crippen LogP contribution in [0.1, 0.15) is 96.6 Å². The fourth-order valence-corrected chi connectivity index (χ4v) is 7.31. The van der Waals surface area contributed by atoms with Gasteiger partial charge in [-0.3, -0.25) is 14.4 Å². The van der Waals surface area contributed by atoms with Crippen LogP contribution in [0.3, 0.4) is 0 Å². The maximum atomic E-state index is 14.7. The van der Waals surface area contributed by atoms with Gasteiger partial charge in [0.2, 0.25) is 17.7 Å². The van der Waals surface area contributed by atoms with E-state index in [-0.39, 0.29) is 43.0 Å². The Balaban J connectivity index is 1.94. The van der Waals surface area contributed by atoms with Crippen LogP contribution >= 0.6 is 11.3 Å². The van der Waals surface area contributed by atoms with Crippen LogP contribution in [0.2, 0.25) is 0 Å². The van der Waals surface area contributed by atoms with Crippen molar-refractivity contribution in [2.75, 3.05) is 32.9 Å². The Kier molecular flexibility index (Phi) is 14.2. The maximum Gasteiger partial charge on any atom is 0.241 e. The van der Waals surface area contributed by atoms with Gasteiger partial charge in [0.15, 0.2) is 5.13 Å². The van der Waals surface area contributed by atoms with Gasteiger partial charge in [0.1, 0.15) is 6.10 Å². The molecule has 10 nitrogen and oxygen atoms in total. The van der Waals surface area contributed by atoms with Crippen molar-refractivity contribution < 1.29 is 24.6 Å². The summed E-state index contributed by atoms with van der Waals surface area (Å²) in [5.74, 6) is -0.701. The van der Waals surface area contributed by atoms with E-state index in [9.17, 15) is 24.6 Å². The number of carbonyl (C=O) groups excluding carboxylic acids is 3. The number of nitrogen functional groups attached to an aromatic ring is 1. The molecule has 1 aromatic rings. The van der Waals surface area contributed by atoms with Gasteiger partial charge in [-0.2, -0.15) is 0 Å². The quantitative estimate of drug-likeness (QED) is 0.220. The fourth-order valence-electron chi connectivity index (χ4n) is 6.73. The highest BCUT2D eigenvalue weighted by molar-refractivity contribution is 7.13. The molecule has 3 rings (SSSR count). The highest BCUT2D eigenvalue weighted by atomic mass is 32.1. The molecular weight excluding hydrogens is 566 g/mol. The van der Waals surface area contributed by atoms with Gasteiger partial charge >= 0.3 is 0 Å². The molecule has 1 aromatic heterocycles. The molecule has 244 valence electrons. The highest BCUT2D eigenvalue weighted by Gasteiger charge is 2.40. The summed E-state index contributed by atoms with van der Waals surface area (Å²) in [6.07, 6.45) is 9.00. The van der Waals surface area contributed by atoms with Crippen molar-refractivity contribution in [2.45, 2.75) is 116 Å². The number of amides is 3. The Labute approximate surface area is 261 Å². The van der Waals surface area contributed by atoms with Gasteiger partial charge in [0.05, 0.1) is 30.3 Å². The molecule has 2 aliphatic rings. The Morgan fingerprint density at radius 2 is 1.67 bits per heavy atom. The summed E-state index contributed by atoms with van der Waals surface area (Å²) >= 11 is 1.29. The van der Waals surface area contributed by atoms with Crippen LogP contribution in [0.15, 0.2) is 5.38 Å². The molecule has 1 heterocycles. The zero-order valence-electron chi connectivity index (χ0n) is 26.7. The molecule has 5 N–H and O–H groups in total. The van der Waals surface area contributed by atoms with Gasteiger partial charge in [-0.15, -0.1) is 11.3 Å². The second kappa shape index (κ2) is 17.3. The van der Waals surface area contributed by atoms with Crippen molar-refractivity contribution in [3.8, 4) is 0 Å². The number of hydrogen-bond donors (Lipinski definition) is 4. The number of anilines is 1. The van der Waals surface area contributed by atoms with Gasteiger partial charge in [0.25, 0.3) is 0 Å². The van der Waals surface area contributed by atoms with Crippen molar-refractivity contribution in [1.82, 2.24) is 20.1 Å². The third kappa shape index (κ3) is 11.3. The minimum atomic E-state index is -1.09. The number of aromatic nitrogens is 1. The Morgan fingerprint density at radius 3 is 2.26 bits per heavy atom. The number of aliphatic hydroxyl groups is 2. The second-order valence-electron chi connectivity index (χ2n) is 13.5. The zero-order chi connectivity index (χ0) is 31.5. The zero-order valence-corrected chi connectivity index (χ0v) is 27.5. The van der Waals surface area contributed by atoms with Crippen LogP contribution < -0.4 is 11.1 Å². The smallest absolute Gasteiger partial charge is 0.241 e. The van der Waals surface area contributed by atoms with E-state index >= 15 is 0 Å². The van der Waals surface area contributed by atoms with Crippen molar-refractivity contribution in [3.05, 3.63) is 11.1 Å². The summed E-state index contributed by atoms with van der Waals surface area (Å²) in [6, 6.07) is -0.550. The van der Waals surface area contributed by atoms with E-state index in [1.165, 1.54) is 22.7 Å². The molecule has 0 aliphatic heterocycles. The lowest BCUT2D eigenvalue weighted by atomic mass is 9.81. The van der Waals surface area contributed by atoms with Crippen LogP contribution in [-0.2, 0) is 20.8 Å². The van der Waals surface area contributed by atoms with E-state index in [0.717, 1.165) is 51.4 Å². The van der Waals surface area contributed by atoms with E-state index in [1.54, 1.807) is 14.1 Å². The summed E-state index contributed by atoms with van der Waals surface area (Å²) in [4.78, 5) is 47.5. The maximum absolute atomic E-state index is 14.7. The molecule has 2 saturated carbocycles. The molecular formula is C32H55N5O5S. The normalized spacial score (nSPS) is 19.1. The molecule has 2 fully saturated rings. The second-order valence-corrected chi connectivity index (χ2v) is 14.4. The van der Waals surface area contributed by atoms with Gasteiger partial charge < -0.3 is 31.1 Å². The first-order valence-electron chi connectivity index (χ1n) is 16.3. The molecule has 0 bridgehead atoms. The Morgan fingerprint density at radius 1 is 1.05 bits per heavy atom. The van der Waals surface area contributed by atoms with E-state index in [1.807, 2.05) is 24.1 Å². The minimum absolute atomic E-state index is 0.112. The van der Waals surface area contributed by atoms with Crippen molar-refractivity contribution >= 4 is 34.2 Å². The third-order valence-electron chi connectivity index (χ3n) is 9.16. The largest absolute Gasteiger partial charge is 0.390 e. The number of nitrogens with two attached hydrogens (primary N) is 1. The van der Waals surface area contributed by atoms with Crippen molar-refractivity contribution in [3.63, 3.8) is 0 Å². The number of rotatable bonds is 16. The van der Waals surface area contributed by atoms with Crippen LogP contribution in [0.5, 0.6) is 0 Å². The number of nitrogens with zero attached hydrogens (tertiary/aromatic N) is 3. The number of hydrogen-bond acceptors (Lipinski definition) is 8. The third-order valence-corrected chi connectivity index (χ3v) is 9.88. The van der Waals surface area contributed by atoms with Crippen molar-refractivity contribution in [2.24, 2.45) is 23.7 Å². The summed E-state index contributed by atoms with van der Waals surface area (Å²) in [5.41, 5.74) is 6.55. The van der Waals surface area contributed by atoms with Gasteiger partial charge in [0, 0.05) is 38.9 Å². The van der Waals surface area contributed by atoms with Crippen LogP contribution in [0, 0.1) is 23.7 Å². The predicted octanol–water partition coefficient (Wildman–Crippen LogP) is 3.60. The first-order valence-corrected chi connectivity index (χ1v) is 17.2. The molecule has 2 aliphatic carbocycles. The molecule has 0 unspecified atom stereocenters. The molecule has 0 radical (unpaired) electrons. The van der Waals surface area contributed by atoms with E-state index in [0.29, 0.717) is 42.0 Å². The molecule has 4 atom stereocenters. The topological polar surface area (TPSA) is 149 Å². The SMILES string of the molecule is CC(C)C[C@H](O)[C@H](O)[C@H](CC1CCCCC1)N(CC1CCCC1)C(=O)[C@@H](CC(=O)NCC(=O)N(C)C)Cc1csc(N)n1. The lowest BCUT2D eigenvalue weighted by Gasteiger charge is -2.42. The van der Waals surface area contributed by atoms with E-state index in [4.69, 9.17) is 5.73 Å². The minimum Gasteiger partial charge on any atom is -0.390 e. The molecule has 0 spiro atoms. The lowest BCUT2D eigenvalue weighted by molar-refractivity contribution is -0.147. The summed E-state index contributed by atoms with van der Waals surface area (Å²) in [5, 5.41) is 27.8. The number of likely N-dealkylation sites (N-methyl/N-ethyl adjacent to an activating group) is 1. The van der Waals surface area contributed by atoms with Gasteiger partial charge in [-0.1, -0.05) is 58.8 Å². The van der Waals surface area contributed by atoms with Crippen molar-refractivity contribution in [1.29, 1.82) is 0 Å². The Bertz CT molecular complexity index is 1020. The predicted molar refractivity (Wildman–Crippen MR) is 170 cm³/mol. The number of nitrogens with one attached hydrogen (secondary N) is 1. The lowest BCUT2D eigenvalue weighted by Crippen LogP contribution is -2.55. The van der Waals surface area contributed by atoms with Gasteiger partial charge in [-0.25, -0.2) is 4.98 Å². The molecule has 0 aromatic carbocycles. The van der Waals surface area contributed by atoms with Gasteiger partial charge in [-0.05, 0) is 43.4 Å². The molecule has 3 amide bonds. The van der Waals surface area contributed by atoms with E-state index in [2.05, 4.69) is 10.3 Å². The molecule has 43 heavy (non-hydrogen) atoms. The number of aliphatic hydroxyl groups excluding tert-OH is 2. The number of thiazole rings is 1. The monoisotopic (exact) mass is 621 g/mol. The first-order chi connectivity index (χ1) is 20.4. The number of carbonyl (C=O) groups is 3. The van der Waals surface area contributed by atoms with Crippen LogP contribution in [0.25, 0.3) is 0 Å². The highest BCUT2D eigenvalue weighted by Crippen LogP contribution is 2.34. The summed E-state index contributed by atoms with van der Waals surface area (Å²) < 4.78 is 0. The summed E-state index contributed by atoms with van der Waals surface area (Å²) in [6.45, 7) is 4.39. The molecule has 11 heteroatoms. The van der Waals surface area contributed by atoms with Crippen LogP contribution in [0.4, 0.5) is 5.13 Å². The van der Waals surface area contributed by atoms with Crippen LogP contribution in [-0.4, -0.2) is 88.2 Å².